The molecule has 0 aliphatic heterocycles. The second kappa shape index (κ2) is 8.56. The molecule has 1 heterocycles. The third kappa shape index (κ3) is 4.72. The van der Waals surface area contributed by atoms with Crippen LogP contribution in [0.2, 0.25) is 0 Å². The zero-order chi connectivity index (χ0) is 22.8. The van der Waals surface area contributed by atoms with Crippen LogP contribution in [0.15, 0.2) is 53.4 Å². The van der Waals surface area contributed by atoms with E-state index in [1.165, 1.54) is 41.1 Å². The molecular weight excluding hydrogens is 429 g/mol. The third-order valence-corrected chi connectivity index (χ3v) is 5.53. The van der Waals surface area contributed by atoms with Crippen LogP contribution in [0, 0.1) is 12.7 Å². The van der Waals surface area contributed by atoms with Crippen LogP contribution in [0.4, 0.5) is 10.2 Å². The second-order valence-corrected chi connectivity index (χ2v) is 8.08. The van der Waals surface area contributed by atoms with Gasteiger partial charge >= 0.3 is 11.9 Å². The minimum atomic E-state index is -4.27. The summed E-state index contributed by atoms with van der Waals surface area (Å²) in [5.74, 6) is -2.03. The number of hydrogen-bond donors (Lipinski definition) is 1. The lowest BCUT2D eigenvalue weighted by atomic mass is 10.1. The van der Waals surface area contributed by atoms with E-state index in [2.05, 4.69) is 19.3 Å². The van der Waals surface area contributed by atoms with Gasteiger partial charge in [-0.3, -0.25) is 4.72 Å². The lowest BCUT2D eigenvalue weighted by molar-refractivity contribution is 0.0598. The summed E-state index contributed by atoms with van der Waals surface area (Å²) < 4.78 is 52.3. The highest BCUT2D eigenvalue weighted by atomic mass is 32.2. The van der Waals surface area contributed by atoms with Crippen molar-refractivity contribution in [2.75, 3.05) is 18.9 Å². The van der Waals surface area contributed by atoms with Gasteiger partial charge in [0.25, 0.3) is 10.0 Å². The molecule has 31 heavy (non-hydrogen) atoms. The van der Waals surface area contributed by atoms with E-state index in [4.69, 9.17) is 0 Å². The number of methoxy groups -OCH3 is 2. The molecule has 0 bridgehead atoms. The number of halogens is 1. The van der Waals surface area contributed by atoms with E-state index in [9.17, 15) is 22.4 Å². The number of nitrogens with zero attached hydrogens (tertiary/aromatic N) is 2. The average molecular weight is 447 g/mol. The molecular formula is C20H18FN3O6S. The van der Waals surface area contributed by atoms with Crippen molar-refractivity contribution >= 4 is 27.8 Å². The lowest BCUT2D eigenvalue weighted by Crippen LogP contribution is -2.18. The first-order valence-corrected chi connectivity index (χ1v) is 10.3. The number of hydrogen-bond acceptors (Lipinski definition) is 7. The molecule has 2 aromatic carbocycles. The zero-order valence-corrected chi connectivity index (χ0v) is 17.6. The van der Waals surface area contributed by atoms with E-state index < -0.39 is 27.8 Å². The fourth-order valence-corrected chi connectivity index (χ4v) is 3.88. The number of carbonyl (C=O) groups excluding carboxylic acids is 2. The molecule has 9 nitrogen and oxygen atoms in total. The van der Waals surface area contributed by atoms with Gasteiger partial charge in [0.1, 0.15) is 11.6 Å². The molecule has 0 atom stereocenters. The Morgan fingerprint density at radius 3 is 2.03 bits per heavy atom. The first-order chi connectivity index (χ1) is 14.6. The molecule has 0 fully saturated rings. The molecule has 0 unspecified atom stereocenters. The van der Waals surface area contributed by atoms with E-state index in [-0.39, 0.29) is 21.8 Å². The predicted molar refractivity (Wildman–Crippen MR) is 108 cm³/mol. The number of aryl methyl sites for hydroxylation is 1. The summed E-state index contributed by atoms with van der Waals surface area (Å²) in [6.45, 7) is 1.66. The van der Waals surface area contributed by atoms with Gasteiger partial charge in [-0.2, -0.15) is 5.10 Å². The van der Waals surface area contributed by atoms with Crippen LogP contribution < -0.4 is 4.72 Å². The summed E-state index contributed by atoms with van der Waals surface area (Å²) in [7, 11) is -2.01. The van der Waals surface area contributed by atoms with Crippen LogP contribution in [-0.4, -0.2) is 44.4 Å². The summed E-state index contributed by atoms with van der Waals surface area (Å²) in [6.07, 6.45) is 0. The first kappa shape index (κ1) is 22.0. The predicted octanol–water partition coefficient (Wildman–Crippen LogP) is 2.69. The molecule has 11 heteroatoms. The molecule has 0 radical (unpaired) electrons. The van der Waals surface area contributed by atoms with E-state index in [0.29, 0.717) is 11.4 Å². The molecule has 1 aromatic heterocycles. The molecule has 3 aromatic rings. The summed E-state index contributed by atoms with van der Waals surface area (Å²) in [5, 5.41) is 4.23. The normalized spacial score (nSPS) is 11.1. The van der Waals surface area contributed by atoms with Crippen molar-refractivity contribution < 1.29 is 31.9 Å². The van der Waals surface area contributed by atoms with Gasteiger partial charge in [0.2, 0.25) is 0 Å². The topological polar surface area (TPSA) is 117 Å². The van der Waals surface area contributed by atoms with Crippen molar-refractivity contribution in [3.05, 3.63) is 71.2 Å². The Morgan fingerprint density at radius 2 is 1.52 bits per heavy atom. The molecule has 162 valence electrons. The molecule has 0 saturated heterocycles. The van der Waals surface area contributed by atoms with Crippen molar-refractivity contribution in [3.63, 3.8) is 0 Å². The number of carbonyl (C=O) groups is 2. The van der Waals surface area contributed by atoms with Crippen LogP contribution >= 0.6 is 0 Å². The number of ether oxygens (including phenoxy) is 2. The number of esters is 2. The van der Waals surface area contributed by atoms with E-state index in [1.807, 2.05) is 0 Å². The van der Waals surface area contributed by atoms with Crippen molar-refractivity contribution in [1.29, 1.82) is 0 Å². The van der Waals surface area contributed by atoms with Crippen molar-refractivity contribution in [2.24, 2.45) is 0 Å². The second-order valence-electron chi connectivity index (χ2n) is 6.39. The Bertz CT molecular complexity index is 1220. The van der Waals surface area contributed by atoms with E-state index >= 15 is 0 Å². The minimum absolute atomic E-state index is 0.0761. The van der Waals surface area contributed by atoms with Gasteiger partial charge in [-0.1, -0.05) is 0 Å². The highest BCUT2D eigenvalue weighted by molar-refractivity contribution is 7.92. The van der Waals surface area contributed by atoms with E-state index in [0.717, 1.165) is 26.4 Å². The van der Waals surface area contributed by atoms with Gasteiger partial charge in [-0.05, 0) is 49.4 Å². The maximum absolute atomic E-state index is 13.2. The van der Waals surface area contributed by atoms with Crippen LogP contribution in [0.3, 0.4) is 0 Å². The fourth-order valence-electron chi connectivity index (χ4n) is 2.77. The third-order valence-electron chi connectivity index (χ3n) is 4.20. The van der Waals surface area contributed by atoms with Gasteiger partial charge in [0.15, 0.2) is 0 Å². The molecule has 0 aliphatic rings. The van der Waals surface area contributed by atoms with Crippen LogP contribution in [0.25, 0.3) is 5.69 Å². The van der Waals surface area contributed by atoms with E-state index in [1.54, 1.807) is 6.92 Å². The molecule has 3 rings (SSSR count). The highest BCUT2D eigenvalue weighted by Gasteiger charge is 2.23. The molecule has 0 spiro atoms. The number of sulfonamides is 1. The maximum atomic E-state index is 13.2. The minimum Gasteiger partial charge on any atom is -0.465 e. The summed E-state index contributed by atoms with van der Waals surface area (Å²) >= 11 is 0. The zero-order valence-electron chi connectivity index (χ0n) is 16.7. The molecule has 0 amide bonds. The Hall–Kier alpha value is -3.73. The first-order valence-electron chi connectivity index (χ1n) is 8.82. The largest absolute Gasteiger partial charge is 0.465 e. The SMILES string of the molecule is COC(=O)c1cc(C(=O)OC)cc(S(=O)(=O)Nc2cc(C)nn2-c2ccc(F)cc2)c1. The van der Waals surface area contributed by atoms with Crippen molar-refractivity contribution in [3.8, 4) is 5.69 Å². The highest BCUT2D eigenvalue weighted by Crippen LogP contribution is 2.23. The van der Waals surface area contributed by atoms with Gasteiger partial charge < -0.3 is 9.47 Å². The van der Waals surface area contributed by atoms with Crippen LogP contribution in [0.1, 0.15) is 26.4 Å². The summed E-state index contributed by atoms with van der Waals surface area (Å²) in [5.41, 5.74) is 0.634. The summed E-state index contributed by atoms with van der Waals surface area (Å²) in [4.78, 5) is 23.5. The monoisotopic (exact) mass is 447 g/mol. The van der Waals surface area contributed by atoms with Gasteiger partial charge in [-0.15, -0.1) is 0 Å². The van der Waals surface area contributed by atoms with Crippen LogP contribution in [-0.2, 0) is 19.5 Å². The Morgan fingerprint density at radius 1 is 0.968 bits per heavy atom. The summed E-state index contributed by atoms with van der Waals surface area (Å²) in [6, 6.07) is 10.1. The number of anilines is 1. The number of nitrogens with one attached hydrogen (secondary N) is 1. The Labute approximate surface area is 177 Å². The molecule has 1 N–H and O–H groups in total. The molecule has 0 aliphatic carbocycles. The van der Waals surface area contributed by atoms with Gasteiger partial charge in [0.05, 0.1) is 41.6 Å². The van der Waals surface area contributed by atoms with Crippen molar-refractivity contribution in [1.82, 2.24) is 9.78 Å². The Balaban J connectivity index is 2.06. The quantitative estimate of drug-likeness (QED) is 0.578. The van der Waals surface area contributed by atoms with Crippen LogP contribution in [0.5, 0.6) is 0 Å². The van der Waals surface area contributed by atoms with Crippen molar-refractivity contribution in [2.45, 2.75) is 11.8 Å². The smallest absolute Gasteiger partial charge is 0.337 e. The van der Waals surface area contributed by atoms with Gasteiger partial charge in [0, 0.05) is 6.07 Å². The number of benzene rings is 2. The molecule has 0 saturated carbocycles. The van der Waals surface area contributed by atoms with Gasteiger partial charge in [-0.25, -0.2) is 27.1 Å². The maximum Gasteiger partial charge on any atom is 0.337 e. The number of aromatic nitrogens is 2. The lowest BCUT2D eigenvalue weighted by Gasteiger charge is -2.12. The Kier molecular flexibility index (Phi) is 6.07. The fraction of sp³-hybridized carbons (Fsp3) is 0.150. The standard InChI is InChI=1S/C20H18FN3O6S/c1-12-8-18(24(22-12)16-6-4-15(21)5-7-16)23-31(27,28)17-10-13(19(25)29-2)9-14(11-17)20(26)30-3/h4-11,23H,1-3H3. The number of rotatable bonds is 6. The average Bonchev–Trinajstić information content (AvgIpc) is 3.11.